The number of carbonyl (C=O) groups is 1. The number of rotatable bonds is 2. The lowest BCUT2D eigenvalue weighted by molar-refractivity contribution is -0.113. The van der Waals surface area contributed by atoms with Crippen LogP contribution in [0.4, 0.5) is 4.39 Å². The van der Waals surface area contributed by atoms with Crippen molar-refractivity contribution in [2.45, 2.75) is 18.2 Å². The van der Waals surface area contributed by atoms with Gasteiger partial charge in [0.15, 0.2) is 5.78 Å². The summed E-state index contributed by atoms with van der Waals surface area (Å²) in [5.41, 5.74) is 1.69. The highest BCUT2D eigenvalue weighted by molar-refractivity contribution is 6.43. The average molecular weight is 263 g/mol. The van der Waals surface area contributed by atoms with E-state index in [9.17, 15) is 9.18 Å². The van der Waals surface area contributed by atoms with Crippen LogP contribution in [-0.2, 0) is 4.79 Å². The van der Waals surface area contributed by atoms with Gasteiger partial charge in [-0.2, -0.15) is 0 Å². The van der Waals surface area contributed by atoms with Crippen molar-refractivity contribution in [1.29, 1.82) is 0 Å². The van der Waals surface area contributed by atoms with Gasteiger partial charge in [0.1, 0.15) is 11.2 Å². The van der Waals surface area contributed by atoms with Crippen LogP contribution >= 0.6 is 11.6 Å². The second kappa shape index (κ2) is 4.36. The normalized spacial score (nSPS) is 23.7. The van der Waals surface area contributed by atoms with Crippen LogP contribution in [-0.4, -0.2) is 11.2 Å². The summed E-state index contributed by atoms with van der Waals surface area (Å²) in [5.74, 6) is -0.120. The van der Waals surface area contributed by atoms with Crippen molar-refractivity contribution in [3.63, 3.8) is 0 Å². The van der Waals surface area contributed by atoms with Gasteiger partial charge < -0.3 is 0 Å². The maximum absolute atomic E-state index is 13.7. The van der Waals surface area contributed by atoms with Crippen LogP contribution in [0.2, 0.25) is 0 Å². The summed E-state index contributed by atoms with van der Waals surface area (Å²) in [6.45, 7) is 0. The van der Waals surface area contributed by atoms with E-state index in [-0.39, 0.29) is 11.6 Å². The Morgan fingerprint density at radius 3 is 2.56 bits per heavy atom. The summed E-state index contributed by atoms with van der Waals surface area (Å²) < 4.78 is 13.7. The molecule has 1 unspecified atom stereocenters. The Balaban J connectivity index is 2.03. The molecule has 1 aromatic carbocycles. The molecule has 0 heterocycles. The fourth-order valence-electron chi connectivity index (χ4n) is 2.30. The van der Waals surface area contributed by atoms with Crippen LogP contribution in [0.3, 0.4) is 0 Å². The first-order valence-electron chi connectivity index (χ1n) is 6.03. The monoisotopic (exact) mass is 262 g/mol. The number of alkyl halides is 1. The van der Waals surface area contributed by atoms with Crippen LogP contribution in [0.5, 0.6) is 0 Å². The van der Waals surface area contributed by atoms with Crippen molar-refractivity contribution in [1.82, 2.24) is 0 Å². The van der Waals surface area contributed by atoms with Gasteiger partial charge in [-0.05, 0) is 30.4 Å². The zero-order chi connectivity index (χ0) is 12.7. The van der Waals surface area contributed by atoms with E-state index in [4.69, 9.17) is 11.6 Å². The molecule has 1 nitrogen and oxygen atoms in total. The Bertz CT molecular complexity index is 570. The molecule has 0 spiro atoms. The Morgan fingerprint density at radius 1 is 1.17 bits per heavy atom. The molecule has 2 aliphatic rings. The third-order valence-electron chi connectivity index (χ3n) is 3.44. The first-order valence-corrected chi connectivity index (χ1v) is 6.47. The minimum Gasteiger partial charge on any atom is -0.292 e. The first-order chi connectivity index (χ1) is 8.68. The average Bonchev–Trinajstić information content (AvgIpc) is 3.18. The zero-order valence-corrected chi connectivity index (χ0v) is 10.5. The van der Waals surface area contributed by atoms with E-state index in [1.807, 2.05) is 6.08 Å². The third kappa shape index (κ3) is 1.91. The number of hydrogen-bond donors (Lipinski definition) is 0. The molecule has 18 heavy (non-hydrogen) atoms. The van der Waals surface area contributed by atoms with Gasteiger partial charge in [0.2, 0.25) is 0 Å². The number of carbonyl (C=O) groups excluding carboxylic acids is 1. The van der Waals surface area contributed by atoms with Crippen molar-refractivity contribution in [2.24, 2.45) is 5.92 Å². The van der Waals surface area contributed by atoms with Crippen LogP contribution in [0, 0.1) is 11.7 Å². The van der Waals surface area contributed by atoms with Gasteiger partial charge >= 0.3 is 0 Å². The Kier molecular flexibility index (Phi) is 2.83. The van der Waals surface area contributed by atoms with Crippen LogP contribution in [0.15, 0.2) is 42.0 Å². The van der Waals surface area contributed by atoms with Gasteiger partial charge in [-0.15, -0.1) is 11.6 Å². The van der Waals surface area contributed by atoms with Crippen molar-refractivity contribution in [3.8, 4) is 0 Å². The molecule has 0 amide bonds. The van der Waals surface area contributed by atoms with Crippen LogP contribution in [0.25, 0.3) is 5.57 Å². The molecule has 1 aromatic rings. The van der Waals surface area contributed by atoms with Gasteiger partial charge in [-0.3, -0.25) is 4.79 Å². The summed E-state index contributed by atoms with van der Waals surface area (Å²) in [6, 6.07) is 6.29. The second-order valence-electron chi connectivity index (χ2n) is 4.73. The van der Waals surface area contributed by atoms with Crippen molar-refractivity contribution in [2.75, 3.05) is 0 Å². The van der Waals surface area contributed by atoms with E-state index < -0.39 is 5.38 Å². The molecule has 1 saturated carbocycles. The molecule has 0 N–H and O–H groups in total. The standard InChI is InChI=1S/C15H12ClFO/c16-14-10(9-5-6-9)7-8-12(15(14)18)11-3-1-2-4-13(11)17/h1-4,7-9,14H,5-6H2. The lowest BCUT2D eigenvalue weighted by atomic mass is 9.89. The molecule has 0 bridgehead atoms. The minimum absolute atomic E-state index is 0.189. The second-order valence-corrected chi connectivity index (χ2v) is 5.16. The third-order valence-corrected chi connectivity index (χ3v) is 3.89. The number of ketones is 1. The molecule has 2 aliphatic carbocycles. The Labute approximate surface area is 110 Å². The van der Waals surface area contributed by atoms with Gasteiger partial charge in [0.05, 0.1) is 0 Å². The lowest BCUT2D eigenvalue weighted by Crippen LogP contribution is -2.22. The van der Waals surface area contributed by atoms with E-state index in [1.54, 1.807) is 24.3 Å². The van der Waals surface area contributed by atoms with E-state index in [0.717, 1.165) is 18.4 Å². The summed E-state index contributed by atoms with van der Waals surface area (Å²) in [5, 5.41) is -0.628. The number of Topliss-reactive ketones (excluding diaryl/α,β-unsaturated/α-hetero) is 1. The summed E-state index contributed by atoms with van der Waals surface area (Å²) in [4.78, 5) is 12.2. The zero-order valence-electron chi connectivity index (χ0n) is 9.70. The molecule has 92 valence electrons. The highest BCUT2D eigenvalue weighted by atomic mass is 35.5. The predicted molar refractivity (Wildman–Crippen MR) is 69.8 cm³/mol. The van der Waals surface area contributed by atoms with E-state index in [1.165, 1.54) is 6.07 Å². The van der Waals surface area contributed by atoms with E-state index >= 15 is 0 Å². The minimum atomic E-state index is -0.628. The molecule has 3 heteroatoms. The van der Waals surface area contributed by atoms with Crippen molar-refractivity contribution in [3.05, 3.63) is 53.4 Å². The summed E-state index contributed by atoms with van der Waals surface area (Å²) in [6.07, 6.45) is 5.79. The molecule has 0 aromatic heterocycles. The largest absolute Gasteiger partial charge is 0.292 e. The summed E-state index contributed by atoms with van der Waals surface area (Å²) >= 11 is 6.18. The summed E-state index contributed by atoms with van der Waals surface area (Å²) in [7, 11) is 0. The fraction of sp³-hybridized carbons (Fsp3) is 0.267. The van der Waals surface area contributed by atoms with Gasteiger partial charge in [-0.1, -0.05) is 30.4 Å². The smallest absolute Gasteiger partial charge is 0.185 e. The molecule has 0 radical (unpaired) electrons. The number of hydrogen-bond acceptors (Lipinski definition) is 1. The SMILES string of the molecule is O=C1C(c2ccccc2F)=CC=C(C2CC2)C1Cl. The van der Waals surface area contributed by atoms with Crippen LogP contribution in [0.1, 0.15) is 18.4 Å². The number of allylic oxidation sites excluding steroid dienone is 4. The topological polar surface area (TPSA) is 17.1 Å². The maximum Gasteiger partial charge on any atom is 0.185 e. The van der Waals surface area contributed by atoms with Gasteiger partial charge in [0, 0.05) is 11.1 Å². The lowest BCUT2D eigenvalue weighted by Gasteiger charge is -2.19. The number of halogens is 2. The maximum atomic E-state index is 13.7. The number of benzene rings is 1. The molecule has 3 rings (SSSR count). The van der Waals surface area contributed by atoms with Crippen molar-refractivity contribution >= 4 is 23.0 Å². The predicted octanol–water partition coefficient (Wildman–Crippen LogP) is 3.74. The van der Waals surface area contributed by atoms with E-state index in [0.29, 0.717) is 17.1 Å². The first kappa shape index (κ1) is 11.7. The van der Waals surface area contributed by atoms with E-state index in [2.05, 4.69) is 0 Å². The Morgan fingerprint density at radius 2 is 1.89 bits per heavy atom. The highest BCUT2D eigenvalue weighted by Crippen LogP contribution is 2.42. The van der Waals surface area contributed by atoms with Crippen LogP contribution < -0.4 is 0 Å². The fourth-order valence-corrected chi connectivity index (χ4v) is 2.66. The molecule has 1 atom stereocenters. The molecule has 1 fully saturated rings. The quantitative estimate of drug-likeness (QED) is 0.742. The van der Waals surface area contributed by atoms with Gasteiger partial charge in [-0.25, -0.2) is 4.39 Å². The molecular weight excluding hydrogens is 251 g/mol. The van der Waals surface area contributed by atoms with Gasteiger partial charge in [0.25, 0.3) is 0 Å². The highest BCUT2D eigenvalue weighted by Gasteiger charge is 2.36. The Hall–Kier alpha value is -1.41. The molecule has 0 saturated heterocycles. The van der Waals surface area contributed by atoms with Crippen molar-refractivity contribution < 1.29 is 9.18 Å². The molecule has 0 aliphatic heterocycles. The molecular formula is C15H12ClFO.